The van der Waals surface area contributed by atoms with Gasteiger partial charge in [0.05, 0.1) is 18.1 Å². The topological polar surface area (TPSA) is 117 Å². The normalized spacial score (nSPS) is 24.3. The van der Waals surface area contributed by atoms with E-state index in [0.29, 0.717) is 29.2 Å². The van der Waals surface area contributed by atoms with Crippen molar-refractivity contribution in [3.8, 4) is 11.5 Å². The van der Waals surface area contributed by atoms with Crippen molar-refractivity contribution in [3.63, 3.8) is 0 Å². The number of carbonyl (C=O) groups is 2. The summed E-state index contributed by atoms with van der Waals surface area (Å²) < 4.78 is 15.7. The highest BCUT2D eigenvalue weighted by Gasteiger charge is 2.48. The number of ether oxygens (including phenoxy) is 3. The predicted molar refractivity (Wildman–Crippen MR) is 106 cm³/mol. The molecule has 0 spiro atoms. The van der Waals surface area contributed by atoms with Crippen molar-refractivity contribution in [2.24, 2.45) is 16.3 Å². The summed E-state index contributed by atoms with van der Waals surface area (Å²) in [6.45, 7) is 5.58. The lowest BCUT2D eigenvalue weighted by Gasteiger charge is -2.38. The van der Waals surface area contributed by atoms with Crippen LogP contribution in [-0.4, -0.2) is 36.3 Å². The standard InChI is InChI=1S/C21H22N2O7/c1-10-17(20(25)28-4)18(19-12(22-10)7-21(2,3)8-14(19)24)11-5-15-16(30-9-29-15)6-13(11)23(26)27/h5-6,17-18H,7-9H2,1-4H3/t17?,18-/m0/s1. The number of ketones is 1. The maximum absolute atomic E-state index is 13.2. The molecule has 1 aromatic rings. The van der Waals surface area contributed by atoms with E-state index >= 15 is 0 Å². The fourth-order valence-electron chi connectivity index (χ4n) is 4.57. The van der Waals surface area contributed by atoms with E-state index in [1.807, 2.05) is 13.8 Å². The van der Waals surface area contributed by atoms with E-state index in [1.54, 1.807) is 6.92 Å². The van der Waals surface area contributed by atoms with Crippen LogP contribution in [0.4, 0.5) is 5.69 Å². The fraction of sp³-hybridized carbons (Fsp3) is 0.476. The highest BCUT2D eigenvalue weighted by Crippen LogP contribution is 2.51. The Morgan fingerprint density at radius 2 is 1.93 bits per heavy atom. The van der Waals surface area contributed by atoms with Crippen LogP contribution < -0.4 is 9.47 Å². The number of methoxy groups -OCH3 is 1. The van der Waals surface area contributed by atoms with Gasteiger partial charge in [0, 0.05) is 34.9 Å². The van der Waals surface area contributed by atoms with E-state index in [2.05, 4.69) is 4.99 Å². The molecule has 2 aliphatic heterocycles. The van der Waals surface area contributed by atoms with Crippen molar-refractivity contribution in [2.75, 3.05) is 13.9 Å². The number of nitro benzene ring substituents is 1. The van der Waals surface area contributed by atoms with Crippen LogP contribution in [-0.2, 0) is 14.3 Å². The molecular formula is C21H22N2O7. The second kappa shape index (κ2) is 6.93. The van der Waals surface area contributed by atoms with Gasteiger partial charge in [0.2, 0.25) is 6.79 Å². The Hall–Kier alpha value is -3.23. The van der Waals surface area contributed by atoms with Crippen molar-refractivity contribution in [1.29, 1.82) is 0 Å². The monoisotopic (exact) mass is 414 g/mol. The lowest BCUT2D eigenvalue weighted by Crippen LogP contribution is -2.39. The second-order valence-electron chi connectivity index (χ2n) is 8.55. The average molecular weight is 414 g/mol. The summed E-state index contributed by atoms with van der Waals surface area (Å²) in [6, 6.07) is 2.78. The third-order valence-corrected chi connectivity index (χ3v) is 5.81. The average Bonchev–Trinajstić information content (AvgIpc) is 3.11. The first-order valence-electron chi connectivity index (χ1n) is 9.60. The van der Waals surface area contributed by atoms with E-state index in [1.165, 1.54) is 19.2 Å². The minimum Gasteiger partial charge on any atom is -0.468 e. The molecule has 9 heteroatoms. The van der Waals surface area contributed by atoms with Crippen LogP contribution in [0.15, 0.2) is 28.4 Å². The molecule has 0 radical (unpaired) electrons. The van der Waals surface area contributed by atoms with Gasteiger partial charge in [-0.3, -0.25) is 24.7 Å². The molecule has 0 fully saturated rings. The Labute approximate surface area is 172 Å². The highest BCUT2D eigenvalue weighted by molar-refractivity contribution is 6.09. The maximum atomic E-state index is 13.2. The molecule has 1 aliphatic carbocycles. The largest absolute Gasteiger partial charge is 0.468 e. The van der Waals surface area contributed by atoms with Gasteiger partial charge in [-0.1, -0.05) is 13.8 Å². The van der Waals surface area contributed by atoms with Crippen molar-refractivity contribution in [3.05, 3.63) is 39.1 Å². The first kappa shape index (κ1) is 20.1. The number of Topliss-reactive ketones (excluding diaryl/α,β-unsaturated/α-hetero) is 1. The molecule has 3 aliphatic rings. The highest BCUT2D eigenvalue weighted by atomic mass is 16.7. The molecule has 2 atom stereocenters. The minimum absolute atomic E-state index is 0.0530. The van der Waals surface area contributed by atoms with Crippen molar-refractivity contribution < 1.29 is 28.7 Å². The van der Waals surface area contributed by atoms with Crippen LogP contribution in [0.25, 0.3) is 0 Å². The summed E-state index contributed by atoms with van der Waals surface area (Å²) >= 11 is 0. The number of aliphatic imine (C=N–C) groups is 1. The molecule has 0 amide bonds. The van der Waals surface area contributed by atoms with Gasteiger partial charge in [0.15, 0.2) is 17.3 Å². The van der Waals surface area contributed by atoms with Crippen LogP contribution in [0, 0.1) is 21.4 Å². The van der Waals surface area contributed by atoms with Gasteiger partial charge >= 0.3 is 5.97 Å². The van der Waals surface area contributed by atoms with Gasteiger partial charge in [0.25, 0.3) is 5.69 Å². The number of nitro groups is 1. The number of rotatable bonds is 3. The van der Waals surface area contributed by atoms with E-state index in [0.717, 1.165) is 0 Å². The summed E-state index contributed by atoms with van der Waals surface area (Å²) in [4.78, 5) is 41.9. The Kier molecular flexibility index (Phi) is 4.63. The van der Waals surface area contributed by atoms with Gasteiger partial charge in [-0.15, -0.1) is 0 Å². The molecule has 1 aromatic carbocycles. The molecule has 0 saturated carbocycles. The van der Waals surface area contributed by atoms with Gasteiger partial charge in [0.1, 0.15) is 5.92 Å². The van der Waals surface area contributed by atoms with E-state index in [-0.39, 0.29) is 41.4 Å². The predicted octanol–water partition coefficient (Wildman–Crippen LogP) is 3.31. The van der Waals surface area contributed by atoms with Gasteiger partial charge in [-0.05, 0) is 24.8 Å². The Morgan fingerprint density at radius 3 is 2.57 bits per heavy atom. The number of fused-ring (bicyclic) bond motifs is 1. The quantitative estimate of drug-likeness (QED) is 0.423. The molecule has 0 bridgehead atoms. The van der Waals surface area contributed by atoms with Crippen LogP contribution in [0.5, 0.6) is 11.5 Å². The summed E-state index contributed by atoms with van der Waals surface area (Å²) in [6.07, 6.45) is 0.803. The van der Waals surface area contributed by atoms with Crippen molar-refractivity contribution in [2.45, 2.75) is 39.5 Å². The number of benzene rings is 1. The third kappa shape index (κ3) is 3.14. The zero-order valence-corrected chi connectivity index (χ0v) is 17.2. The number of nitrogens with zero attached hydrogens (tertiary/aromatic N) is 2. The lowest BCUT2D eigenvalue weighted by atomic mass is 9.66. The molecule has 4 rings (SSSR count). The molecule has 2 heterocycles. The van der Waals surface area contributed by atoms with Crippen LogP contribution in [0.3, 0.4) is 0 Å². The first-order valence-corrected chi connectivity index (χ1v) is 9.60. The second-order valence-corrected chi connectivity index (χ2v) is 8.55. The summed E-state index contributed by atoms with van der Waals surface area (Å²) in [5.74, 6) is -2.00. The Bertz CT molecular complexity index is 1040. The number of hydrogen-bond donors (Lipinski definition) is 0. The summed E-state index contributed by atoms with van der Waals surface area (Å²) in [7, 11) is 1.25. The van der Waals surface area contributed by atoms with E-state index < -0.39 is 22.7 Å². The minimum atomic E-state index is -0.946. The summed E-state index contributed by atoms with van der Waals surface area (Å²) in [5, 5.41) is 11.9. The number of carbonyl (C=O) groups excluding carboxylic acids is 2. The smallest absolute Gasteiger partial charge is 0.315 e. The molecule has 1 unspecified atom stereocenters. The number of esters is 1. The van der Waals surface area contributed by atoms with Crippen LogP contribution >= 0.6 is 0 Å². The maximum Gasteiger partial charge on any atom is 0.315 e. The zero-order chi connectivity index (χ0) is 21.8. The third-order valence-electron chi connectivity index (χ3n) is 5.81. The van der Waals surface area contributed by atoms with E-state index in [4.69, 9.17) is 14.2 Å². The van der Waals surface area contributed by atoms with Gasteiger partial charge in [-0.2, -0.15) is 0 Å². The van der Waals surface area contributed by atoms with Crippen molar-refractivity contribution >= 4 is 23.2 Å². The lowest BCUT2D eigenvalue weighted by molar-refractivity contribution is -0.385. The van der Waals surface area contributed by atoms with Gasteiger partial charge < -0.3 is 14.2 Å². The SMILES string of the molecule is COC(=O)C1C(C)=NC2=C(C(=O)CC(C)(C)C2)[C@H]1c1cc2c(cc1[N+](=O)[O-])OCO2. The number of hydrogen-bond acceptors (Lipinski definition) is 8. The summed E-state index contributed by atoms with van der Waals surface area (Å²) in [5.41, 5.74) is 1.07. The Balaban J connectivity index is 1.98. The first-order chi connectivity index (χ1) is 14.1. The van der Waals surface area contributed by atoms with Crippen molar-refractivity contribution in [1.82, 2.24) is 0 Å². The van der Waals surface area contributed by atoms with Crippen LogP contribution in [0.2, 0.25) is 0 Å². The van der Waals surface area contributed by atoms with Crippen LogP contribution in [0.1, 0.15) is 45.1 Å². The molecular weight excluding hydrogens is 392 g/mol. The number of allylic oxidation sites excluding steroid dienone is 2. The fourth-order valence-corrected chi connectivity index (χ4v) is 4.57. The molecule has 0 saturated heterocycles. The van der Waals surface area contributed by atoms with Gasteiger partial charge in [-0.25, -0.2) is 0 Å². The zero-order valence-electron chi connectivity index (χ0n) is 17.2. The molecule has 158 valence electrons. The van der Waals surface area contributed by atoms with E-state index in [9.17, 15) is 19.7 Å². The Morgan fingerprint density at radius 1 is 1.27 bits per heavy atom. The molecule has 9 nitrogen and oxygen atoms in total. The molecule has 0 N–H and O–H groups in total. The molecule has 0 aromatic heterocycles. The molecule has 30 heavy (non-hydrogen) atoms.